The van der Waals surface area contributed by atoms with Crippen LogP contribution in [0.5, 0.6) is 0 Å². The van der Waals surface area contributed by atoms with E-state index in [2.05, 4.69) is 4.98 Å². The smallest absolute Gasteiger partial charge is 0.214 e. The first-order chi connectivity index (χ1) is 7.49. The minimum absolute atomic E-state index is 0.201. The molecule has 0 saturated carbocycles. The van der Waals surface area contributed by atoms with Crippen LogP contribution in [0.15, 0.2) is 12.1 Å². The molecule has 2 heterocycles. The number of hydrogen-bond donors (Lipinski definition) is 1. The molecule has 2 rings (SSSR count). The summed E-state index contributed by atoms with van der Waals surface area (Å²) in [5.74, 6) is 0.545. The molecular formula is C9H12ClN3O2S. The Morgan fingerprint density at radius 3 is 2.88 bits per heavy atom. The van der Waals surface area contributed by atoms with Crippen LogP contribution in [0, 0.1) is 0 Å². The highest BCUT2D eigenvalue weighted by molar-refractivity contribution is 7.89. The monoisotopic (exact) mass is 261 g/mol. The zero-order valence-corrected chi connectivity index (χ0v) is 10.1. The molecule has 0 aromatic carbocycles. The Morgan fingerprint density at radius 1 is 1.50 bits per heavy atom. The van der Waals surface area contributed by atoms with E-state index in [1.165, 1.54) is 4.31 Å². The predicted octanol–water partition coefficient (Wildman–Crippen LogP) is 0.853. The van der Waals surface area contributed by atoms with Crippen LogP contribution in [0.3, 0.4) is 0 Å². The Morgan fingerprint density at radius 2 is 2.25 bits per heavy atom. The van der Waals surface area contributed by atoms with Crippen LogP contribution in [-0.2, 0) is 16.6 Å². The highest BCUT2D eigenvalue weighted by Gasteiger charge is 2.28. The van der Waals surface area contributed by atoms with Crippen LogP contribution in [0.25, 0.3) is 0 Å². The minimum Gasteiger partial charge on any atom is -0.384 e. The van der Waals surface area contributed by atoms with Crippen molar-refractivity contribution in [3.8, 4) is 0 Å². The SMILES string of the molecule is Nc1ccc(Cl)c(CN2CCCS2(=O)=O)n1. The van der Waals surface area contributed by atoms with Crippen LogP contribution < -0.4 is 5.73 Å². The molecular weight excluding hydrogens is 250 g/mol. The molecule has 0 radical (unpaired) electrons. The van der Waals surface area contributed by atoms with Gasteiger partial charge in [-0.1, -0.05) is 11.6 Å². The average molecular weight is 262 g/mol. The van der Waals surface area contributed by atoms with Gasteiger partial charge in [-0.05, 0) is 18.6 Å². The highest BCUT2D eigenvalue weighted by Crippen LogP contribution is 2.21. The third-order valence-corrected chi connectivity index (χ3v) is 4.72. The number of anilines is 1. The van der Waals surface area contributed by atoms with Crippen molar-refractivity contribution in [1.29, 1.82) is 0 Å². The van der Waals surface area contributed by atoms with Gasteiger partial charge in [0, 0.05) is 6.54 Å². The van der Waals surface area contributed by atoms with Crippen molar-refractivity contribution >= 4 is 27.4 Å². The van der Waals surface area contributed by atoms with Crippen molar-refractivity contribution in [3.05, 3.63) is 22.8 Å². The Kier molecular flexibility index (Phi) is 3.05. The highest BCUT2D eigenvalue weighted by atomic mass is 35.5. The molecule has 1 saturated heterocycles. The van der Waals surface area contributed by atoms with E-state index < -0.39 is 10.0 Å². The van der Waals surface area contributed by atoms with Crippen molar-refractivity contribution in [1.82, 2.24) is 9.29 Å². The normalized spacial score (nSPS) is 20.1. The summed E-state index contributed by atoms with van der Waals surface area (Å²) in [6, 6.07) is 3.21. The lowest BCUT2D eigenvalue weighted by atomic mass is 10.3. The van der Waals surface area contributed by atoms with E-state index in [0.717, 1.165) is 0 Å². The van der Waals surface area contributed by atoms with E-state index in [1.807, 2.05) is 0 Å². The molecule has 0 bridgehead atoms. The van der Waals surface area contributed by atoms with Crippen LogP contribution >= 0.6 is 11.6 Å². The largest absolute Gasteiger partial charge is 0.384 e. The van der Waals surface area contributed by atoms with Gasteiger partial charge in [0.15, 0.2) is 0 Å². The average Bonchev–Trinajstić information content (AvgIpc) is 2.52. The first-order valence-electron chi connectivity index (χ1n) is 4.88. The summed E-state index contributed by atoms with van der Waals surface area (Å²) in [5, 5.41) is 0.441. The molecule has 0 aliphatic carbocycles. The lowest BCUT2D eigenvalue weighted by Crippen LogP contribution is -2.25. The summed E-state index contributed by atoms with van der Waals surface area (Å²) < 4.78 is 24.6. The van der Waals surface area contributed by atoms with Crippen molar-refractivity contribution in [2.45, 2.75) is 13.0 Å². The molecule has 2 N–H and O–H groups in total. The molecule has 1 fully saturated rings. The topological polar surface area (TPSA) is 76.3 Å². The van der Waals surface area contributed by atoms with Gasteiger partial charge < -0.3 is 5.73 Å². The third kappa shape index (κ3) is 2.28. The molecule has 5 nitrogen and oxygen atoms in total. The number of pyridine rings is 1. The van der Waals surface area contributed by atoms with Gasteiger partial charge in [0.05, 0.1) is 23.0 Å². The summed E-state index contributed by atoms with van der Waals surface area (Å²) in [7, 11) is -3.12. The van der Waals surface area contributed by atoms with Gasteiger partial charge >= 0.3 is 0 Å². The number of halogens is 1. The fourth-order valence-corrected chi connectivity index (χ4v) is 3.29. The molecule has 1 aliphatic heterocycles. The lowest BCUT2D eigenvalue weighted by Gasteiger charge is -2.14. The van der Waals surface area contributed by atoms with Gasteiger partial charge in [-0.25, -0.2) is 13.4 Å². The number of aromatic nitrogens is 1. The molecule has 1 aromatic rings. The number of nitrogens with two attached hydrogens (primary N) is 1. The first kappa shape index (κ1) is 11.6. The molecule has 1 aliphatic rings. The van der Waals surface area contributed by atoms with Gasteiger partial charge in [0.1, 0.15) is 5.82 Å². The predicted molar refractivity (Wildman–Crippen MR) is 62.5 cm³/mol. The molecule has 16 heavy (non-hydrogen) atoms. The Labute approximate surface area is 99.3 Å². The summed E-state index contributed by atoms with van der Waals surface area (Å²) in [6.45, 7) is 0.724. The van der Waals surface area contributed by atoms with Crippen molar-refractivity contribution in [2.75, 3.05) is 18.0 Å². The van der Waals surface area contributed by atoms with Crippen LogP contribution in [0.4, 0.5) is 5.82 Å². The van der Waals surface area contributed by atoms with Gasteiger partial charge in [-0.2, -0.15) is 4.31 Å². The summed E-state index contributed by atoms with van der Waals surface area (Å²) in [4.78, 5) is 4.04. The van der Waals surface area contributed by atoms with E-state index in [1.54, 1.807) is 12.1 Å². The first-order valence-corrected chi connectivity index (χ1v) is 6.86. The number of nitrogen functional groups attached to an aromatic ring is 1. The number of nitrogens with zero attached hydrogens (tertiary/aromatic N) is 2. The summed E-state index contributed by atoms with van der Waals surface area (Å²) in [5.41, 5.74) is 6.04. The maximum absolute atomic E-state index is 11.6. The number of rotatable bonds is 2. The van der Waals surface area contributed by atoms with Crippen molar-refractivity contribution < 1.29 is 8.42 Å². The molecule has 88 valence electrons. The molecule has 0 spiro atoms. The van der Waals surface area contributed by atoms with E-state index >= 15 is 0 Å². The molecule has 0 unspecified atom stereocenters. The quantitative estimate of drug-likeness (QED) is 0.856. The maximum Gasteiger partial charge on any atom is 0.214 e. The van der Waals surface area contributed by atoms with Gasteiger partial charge in [-0.3, -0.25) is 0 Å². The van der Waals surface area contributed by atoms with Crippen molar-refractivity contribution in [2.24, 2.45) is 0 Å². The zero-order valence-electron chi connectivity index (χ0n) is 8.56. The third-order valence-electron chi connectivity index (χ3n) is 2.47. The van der Waals surface area contributed by atoms with E-state index in [4.69, 9.17) is 17.3 Å². The fraction of sp³-hybridized carbons (Fsp3) is 0.444. The van der Waals surface area contributed by atoms with Crippen LogP contribution in [-0.4, -0.2) is 30.0 Å². The summed E-state index contributed by atoms with van der Waals surface area (Å²) in [6.07, 6.45) is 0.655. The number of hydrogen-bond acceptors (Lipinski definition) is 4. The second-order valence-electron chi connectivity index (χ2n) is 3.67. The minimum atomic E-state index is -3.12. The van der Waals surface area contributed by atoms with E-state index in [0.29, 0.717) is 29.5 Å². The lowest BCUT2D eigenvalue weighted by molar-refractivity contribution is 0.435. The zero-order chi connectivity index (χ0) is 11.8. The van der Waals surface area contributed by atoms with Crippen molar-refractivity contribution in [3.63, 3.8) is 0 Å². The van der Waals surface area contributed by atoms with Gasteiger partial charge in [0.2, 0.25) is 10.0 Å². The Bertz CT molecular complexity index is 503. The van der Waals surface area contributed by atoms with Gasteiger partial charge in [0.25, 0.3) is 0 Å². The number of sulfonamides is 1. The second-order valence-corrected chi connectivity index (χ2v) is 6.16. The fourth-order valence-electron chi connectivity index (χ4n) is 1.65. The molecule has 0 amide bonds. The summed E-state index contributed by atoms with van der Waals surface area (Å²) >= 11 is 5.93. The Hall–Kier alpha value is -0.850. The molecule has 1 aromatic heterocycles. The Balaban J connectivity index is 2.24. The second kappa shape index (κ2) is 4.20. The standard InChI is InChI=1S/C9H12ClN3O2S/c10-7-2-3-9(11)12-8(7)6-13-4-1-5-16(13,14)15/h2-3H,1,4-6H2,(H2,11,12). The maximum atomic E-state index is 11.6. The van der Waals surface area contributed by atoms with Crippen LogP contribution in [0.1, 0.15) is 12.1 Å². The molecule has 0 atom stereocenters. The van der Waals surface area contributed by atoms with E-state index in [9.17, 15) is 8.42 Å². The molecule has 7 heteroatoms. The van der Waals surface area contributed by atoms with Crippen LogP contribution in [0.2, 0.25) is 5.02 Å². The van der Waals surface area contributed by atoms with Gasteiger partial charge in [-0.15, -0.1) is 0 Å². The van der Waals surface area contributed by atoms with E-state index in [-0.39, 0.29) is 12.3 Å².